The van der Waals surface area contributed by atoms with Gasteiger partial charge in [0.2, 0.25) is 5.76 Å². The molecule has 0 saturated heterocycles. The highest BCUT2D eigenvalue weighted by Crippen LogP contribution is 2.24. The predicted octanol–water partition coefficient (Wildman–Crippen LogP) is 1.14. The number of ether oxygens (including phenoxy) is 1. The Morgan fingerprint density at radius 3 is 3.10 bits per heavy atom. The molecule has 2 aromatic rings. The highest BCUT2D eigenvalue weighted by atomic mass is 16.5. The normalized spacial score (nSPS) is 14.3. The van der Waals surface area contributed by atoms with E-state index >= 15 is 0 Å². The molecule has 3 rings (SSSR count). The zero-order valence-corrected chi connectivity index (χ0v) is 12.2. The Morgan fingerprint density at radius 1 is 1.52 bits per heavy atom. The van der Waals surface area contributed by atoms with Crippen molar-refractivity contribution in [3.8, 4) is 0 Å². The Morgan fingerprint density at radius 2 is 2.38 bits per heavy atom. The fourth-order valence-electron chi connectivity index (χ4n) is 2.64. The van der Waals surface area contributed by atoms with Crippen molar-refractivity contribution in [1.82, 2.24) is 19.8 Å². The number of hydrogen-bond acceptors (Lipinski definition) is 5. The second kappa shape index (κ2) is 5.69. The zero-order chi connectivity index (χ0) is 14.8. The number of carbonyl (C=O) groups is 1. The first-order valence-electron chi connectivity index (χ1n) is 7.02. The van der Waals surface area contributed by atoms with E-state index in [0.29, 0.717) is 26.3 Å². The Labute approximate surface area is 122 Å². The van der Waals surface area contributed by atoms with E-state index in [4.69, 9.17) is 9.26 Å². The van der Waals surface area contributed by atoms with Crippen LogP contribution in [0.1, 0.15) is 34.4 Å². The van der Waals surface area contributed by atoms with E-state index in [1.165, 1.54) is 11.9 Å². The maximum absolute atomic E-state index is 12.3. The number of fused-ring (bicyclic) bond motifs is 1. The number of nitrogens with zero attached hydrogens (tertiary/aromatic N) is 4. The molecule has 0 saturated carbocycles. The van der Waals surface area contributed by atoms with Gasteiger partial charge in [-0.3, -0.25) is 9.48 Å². The molecule has 1 aliphatic rings. The second-order valence-electron chi connectivity index (χ2n) is 4.99. The summed E-state index contributed by atoms with van der Waals surface area (Å²) in [5.74, 6) is 0.137. The topological polar surface area (TPSA) is 73.4 Å². The predicted molar refractivity (Wildman–Crippen MR) is 73.5 cm³/mol. The first-order valence-corrected chi connectivity index (χ1v) is 7.02. The van der Waals surface area contributed by atoms with Crippen LogP contribution in [-0.4, -0.2) is 38.9 Å². The molecule has 1 amide bonds. The molecule has 0 bridgehead atoms. The summed E-state index contributed by atoms with van der Waals surface area (Å²) >= 11 is 0. The smallest absolute Gasteiger partial charge is 0.292 e. The van der Waals surface area contributed by atoms with E-state index in [-0.39, 0.29) is 11.7 Å². The molecule has 0 atom stereocenters. The number of carbonyl (C=O) groups excluding carboxylic acids is 1. The molecule has 0 radical (unpaired) electrons. The van der Waals surface area contributed by atoms with Gasteiger partial charge >= 0.3 is 0 Å². The second-order valence-corrected chi connectivity index (χ2v) is 4.99. The quantitative estimate of drug-likeness (QED) is 0.844. The molecule has 2 aromatic heterocycles. The molecule has 0 aromatic carbocycles. The zero-order valence-electron chi connectivity index (χ0n) is 12.2. The van der Waals surface area contributed by atoms with Crippen LogP contribution in [0.25, 0.3) is 0 Å². The van der Waals surface area contributed by atoms with Crippen LogP contribution >= 0.6 is 0 Å². The van der Waals surface area contributed by atoms with Gasteiger partial charge in [0.25, 0.3) is 5.91 Å². The summed E-state index contributed by atoms with van der Waals surface area (Å²) < 4.78 is 12.3. The van der Waals surface area contributed by atoms with E-state index in [1.54, 1.807) is 11.0 Å². The number of hydrogen-bond donors (Lipinski definition) is 0. The van der Waals surface area contributed by atoms with Gasteiger partial charge in [0.05, 0.1) is 18.5 Å². The highest BCUT2D eigenvalue weighted by molar-refractivity contribution is 5.91. The summed E-state index contributed by atoms with van der Waals surface area (Å²) in [6, 6.07) is 1.59. The molecule has 1 aliphatic heterocycles. The van der Waals surface area contributed by atoms with Gasteiger partial charge in [-0.05, 0) is 6.92 Å². The van der Waals surface area contributed by atoms with Crippen molar-refractivity contribution in [3.05, 3.63) is 35.0 Å². The van der Waals surface area contributed by atoms with Gasteiger partial charge in [-0.15, -0.1) is 0 Å². The Bertz CT molecular complexity index is 633. The largest absolute Gasteiger partial charge is 0.375 e. The minimum absolute atomic E-state index is 0.135. The molecule has 112 valence electrons. The highest BCUT2D eigenvalue weighted by Gasteiger charge is 2.28. The van der Waals surface area contributed by atoms with E-state index in [0.717, 1.165) is 17.7 Å². The summed E-state index contributed by atoms with van der Waals surface area (Å²) in [5.41, 5.74) is 3.17. The SMILES string of the molecule is CCOCc1nn(C)c2c1CN(C(=O)c1ccno1)CC2. The molecule has 7 nitrogen and oxygen atoms in total. The van der Waals surface area contributed by atoms with Crippen molar-refractivity contribution in [2.45, 2.75) is 26.5 Å². The summed E-state index contributed by atoms with van der Waals surface area (Å²) in [5, 5.41) is 8.09. The van der Waals surface area contributed by atoms with Crippen molar-refractivity contribution >= 4 is 5.91 Å². The summed E-state index contributed by atoms with van der Waals surface area (Å²) in [7, 11) is 1.93. The fraction of sp³-hybridized carbons (Fsp3) is 0.500. The van der Waals surface area contributed by atoms with Crippen LogP contribution in [0.2, 0.25) is 0 Å². The van der Waals surface area contributed by atoms with Gasteiger partial charge < -0.3 is 14.2 Å². The third kappa shape index (κ3) is 2.56. The summed E-state index contributed by atoms with van der Waals surface area (Å²) in [6.45, 7) is 4.26. The van der Waals surface area contributed by atoms with E-state index in [9.17, 15) is 4.79 Å². The monoisotopic (exact) mass is 290 g/mol. The molecule has 0 unspecified atom stereocenters. The molecule has 0 aliphatic carbocycles. The van der Waals surface area contributed by atoms with Gasteiger partial charge in [0.1, 0.15) is 0 Å². The van der Waals surface area contributed by atoms with Gasteiger partial charge in [0.15, 0.2) is 0 Å². The summed E-state index contributed by atoms with van der Waals surface area (Å²) in [6.07, 6.45) is 2.26. The van der Waals surface area contributed by atoms with E-state index in [1.807, 2.05) is 18.7 Å². The van der Waals surface area contributed by atoms with Gasteiger partial charge in [0, 0.05) is 50.5 Å². The van der Waals surface area contributed by atoms with E-state index in [2.05, 4.69) is 10.3 Å². The van der Waals surface area contributed by atoms with Gasteiger partial charge in [-0.25, -0.2) is 0 Å². The first kappa shape index (κ1) is 13.8. The third-order valence-corrected chi connectivity index (χ3v) is 3.70. The molecular weight excluding hydrogens is 272 g/mol. The number of aromatic nitrogens is 3. The lowest BCUT2D eigenvalue weighted by Gasteiger charge is -2.26. The van der Waals surface area contributed by atoms with Crippen molar-refractivity contribution < 1.29 is 14.1 Å². The minimum Gasteiger partial charge on any atom is -0.375 e. The number of rotatable bonds is 4. The molecule has 0 fully saturated rings. The fourth-order valence-corrected chi connectivity index (χ4v) is 2.64. The van der Waals surface area contributed by atoms with Crippen LogP contribution < -0.4 is 0 Å². The lowest BCUT2D eigenvalue weighted by molar-refractivity contribution is 0.0688. The minimum atomic E-state index is -0.135. The average Bonchev–Trinajstić information content (AvgIpc) is 3.13. The van der Waals surface area contributed by atoms with Crippen LogP contribution in [-0.2, 0) is 31.4 Å². The van der Waals surface area contributed by atoms with Crippen molar-refractivity contribution in [3.63, 3.8) is 0 Å². The van der Waals surface area contributed by atoms with Crippen LogP contribution in [0, 0.1) is 0 Å². The lowest BCUT2D eigenvalue weighted by atomic mass is 10.0. The molecular formula is C14H18N4O3. The van der Waals surface area contributed by atoms with Crippen LogP contribution in [0.15, 0.2) is 16.8 Å². The lowest BCUT2D eigenvalue weighted by Crippen LogP contribution is -2.36. The van der Waals surface area contributed by atoms with Gasteiger partial charge in [-0.2, -0.15) is 5.10 Å². The molecule has 0 N–H and O–H groups in total. The molecule has 7 heteroatoms. The third-order valence-electron chi connectivity index (χ3n) is 3.70. The summed E-state index contributed by atoms with van der Waals surface area (Å²) in [4.78, 5) is 14.1. The van der Waals surface area contributed by atoms with Gasteiger partial charge in [-0.1, -0.05) is 5.16 Å². The molecule has 0 spiro atoms. The molecule has 21 heavy (non-hydrogen) atoms. The Kier molecular flexibility index (Phi) is 3.74. The Balaban J connectivity index is 1.82. The Hall–Kier alpha value is -2.15. The average molecular weight is 290 g/mol. The maximum atomic E-state index is 12.3. The number of aryl methyl sites for hydroxylation is 1. The van der Waals surface area contributed by atoms with Crippen LogP contribution in [0.4, 0.5) is 0 Å². The van der Waals surface area contributed by atoms with Crippen molar-refractivity contribution in [2.24, 2.45) is 7.05 Å². The number of amides is 1. The standard InChI is InChI=1S/C14H18N4O3/c1-3-20-9-11-10-8-18(7-5-12(10)17(2)16-11)14(19)13-4-6-15-21-13/h4,6H,3,5,7-9H2,1-2H3. The van der Waals surface area contributed by atoms with Crippen LogP contribution in [0.3, 0.4) is 0 Å². The van der Waals surface area contributed by atoms with E-state index < -0.39 is 0 Å². The van der Waals surface area contributed by atoms with Crippen molar-refractivity contribution in [2.75, 3.05) is 13.2 Å². The maximum Gasteiger partial charge on any atom is 0.292 e. The van der Waals surface area contributed by atoms with Crippen LogP contribution in [0.5, 0.6) is 0 Å². The molecule has 3 heterocycles. The first-order chi connectivity index (χ1) is 10.2. The van der Waals surface area contributed by atoms with Crippen molar-refractivity contribution in [1.29, 1.82) is 0 Å².